The van der Waals surface area contributed by atoms with Crippen molar-refractivity contribution >= 4 is 11.7 Å². The van der Waals surface area contributed by atoms with Gasteiger partial charge in [0, 0.05) is 31.3 Å². The quantitative estimate of drug-likeness (QED) is 0.107. The van der Waals surface area contributed by atoms with Crippen LogP contribution in [0.5, 0.6) is 11.5 Å². The molecule has 3 rings (SSSR count). The van der Waals surface area contributed by atoms with Gasteiger partial charge in [-0.1, -0.05) is 80.6 Å². The van der Waals surface area contributed by atoms with Crippen molar-refractivity contribution in [2.45, 2.75) is 65.5 Å². The van der Waals surface area contributed by atoms with Crippen LogP contribution in [0.3, 0.4) is 0 Å². The van der Waals surface area contributed by atoms with Crippen LogP contribution in [-0.2, 0) is 20.7 Å². The molecule has 3 aromatic carbocycles. The number of nitrogens with zero attached hydrogens (tertiary/aromatic N) is 1. The van der Waals surface area contributed by atoms with E-state index < -0.39 is 11.6 Å². The van der Waals surface area contributed by atoms with Crippen LogP contribution in [0.1, 0.15) is 64.2 Å². The van der Waals surface area contributed by atoms with Crippen LogP contribution < -0.4 is 9.47 Å². The predicted octanol–water partition coefficient (Wildman–Crippen LogP) is 7.56. The van der Waals surface area contributed by atoms with Crippen molar-refractivity contribution in [3.63, 3.8) is 0 Å². The first-order chi connectivity index (χ1) is 20.1. The third-order valence-electron chi connectivity index (χ3n) is 7.00. The summed E-state index contributed by atoms with van der Waals surface area (Å²) in [6.45, 7) is 11.3. The highest BCUT2D eigenvalue weighted by molar-refractivity contribution is 6.13. The number of hydrogen-bond donors (Lipinski definition) is 0. The largest absolute Gasteiger partial charge is 0.493 e. The molecule has 2 atom stereocenters. The molecule has 0 aliphatic carbocycles. The average molecular weight is 574 g/mol. The minimum Gasteiger partial charge on any atom is -0.493 e. The van der Waals surface area contributed by atoms with Crippen molar-refractivity contribution in [3.05, 3.63) is 95.6 Å². The van der Waals surface area contributed by atoms with Gasteiger partial charge in [0.2, 0.25) is 0 Å². The van der Waals surface area contributed by atoms with Crippen molar-refractivity contribution in [2.24, 2.45) is 16.8 Å². The molecule has 0 bridgehead atoms. The summed E-state index contributed by atoms with van der Waals surface area (Å²) in [5.74, 6) is 1.56. The lowest BCUT2D eigenvalue weighted by atomic mass is 9.84. The fourth-order valence-corrected chi connectivity index (χ4v) is 4.76. The molecule has 0 radical (unpaired) electrons. The van der Waals surface area contributed by atoms with Gasteiger partial charge in [0.15, 0.2) is 11.5 Å². The number of methoxy groups -OCH3 is 2. The Hall–Kier alpha value is -3.64. The molecule has 0 N–H and O–H groups in total. The Morgan fingerprint density at radius 3 is 1.98 bits per heavy atom. The Labute approximate surface area is 252 Å². The number of benzene rings is 3. The zero-order valence-electron chi connectivity index (χ0n) is 26.3. The number of carbonyl (C=O) groups is 1. The number of ether oxygens (including phenoxy) is 4. The first-order valence-corrected chi connectivity index (χ1v) is 14.8. The van der Waals surface area contributed by atoms with E-state index in [-0.39, 0.29) is 11.9 Å². The van der Waals surface area contributed by atoms with E-state index in [2.05, 4.69) is 19.9 Å². The van der Waals surface area contributed by atoms with E-state index in [1.807, 2.05) is 93.6 Å². The van der Waals surface area contributed by atoms with E-state index in [1.165, 1.54) is 0 Å². The summed E-state index contributed by atoms with van der Waals surface area (Å²) in [7, 11) is 3.33. The van der Waals surface area contributed by atoms with E-state index in [0.29, 0.717) is 37.1 Å². The van der Waals surface area contributed by atoms with Crippen molar-refractivity contribution < 1.29 is 23.7 Å². The second-order valence-corrected chi connectivity index (χ2v) is 11.9. The fraction of sp³-hybridized carbons (Fsp3) is 0.444. The van der Waals surface area contributed by atoms with Crippen LogP contribution in [0, 0.1) is 11.8 Å². The molecule has 3 aromatic rings. The van der Waals surface area contributed by atoms with Crippen molar-refractivity contribution in [1.82, 2.24) is 0 Å². The average Bonchev–Trinajstić information content (AvgIpc) is 2.97. The second-order valence-electron chi connectivity index (χ2n) is 11.9. The zero-order valence-corrected chi connectivity index (χ0v) is 26.3. The smallest absolute Gasteiger partial charge is 0.331 e. The molecule has 0 saturated heterocycles. The lowest BCUT2D eigenvalue weighted by Crippen LogP contribution is -2.34. The maximum absolute atomic E-state index is 13.7. The molecule has 6 nitrogen and oxygen atoms in total. The normalized spacial score (nSPS) is 12.9. The molecule has 0 spiro atoms. The van der Waals surface area contributed by atoms with Crippen molar-refractivity contribution in [2.75, 3.05) is 27.4 Å². The van der Waals surface area contributed by atoms with Crippen LogP contribution in [0.25, 0.3) is 0 Å². The van der Waals surface area contributed by atoms with E-state index in [9.17, 15) is 4.79 Å². The molecule has 0 aliphatic heterocycles. The molecule has 0 saturated carbocycles. The Balaban J connectivity index is 1.97. The SMILES string of the molecule is COCCCOc1cc(CC(CC(N=C(c2ccccc2)c2ccccc2)C(=O)OC(C)(C)C)C(C)C)ccc1OC. The maximum atomic E-state index is 13.7. The molecule has 226 valence electrons. The Morgan fingerprint density at radius 1 is 0.833 bits per heavy atom. The molecular weight excluding hydrogens is 526 g/mol. The molecule has 0 amide bonds. The van der Waals surface area contributed by atoms with Crippen LogP contribution in [0.4, 0.5) is 0 Å². The molecule has 6 heteroatoms. The number of esters is 1. The lowest BCUT2D eigenvalue weighted by Gasteiger charge is -2.27. The monoisotopic (exact) mass is 573 g/mol. The summed E-state index contributed by atoms with van der Waals surface area (Å²) < 4.78 is 22.7. The summed E-state index contributed by atoms with van der Waals surface area (Å²) in [6.07, 6.45) is 2.10. The first kappa shape index (κ1) is 32.9. The maximum Gasteiger partial charge on any atom is 0.331 e. The van der Waals surface area contributed by atoms with Crippen molar-refractivity contribution in [3.8, 4) is 11.5 Å². The van der Waals surface area contributed by atoms with Gasteiger partial charge in [0.05, 0.1) is 19.4 Å². The third-order valence-corrected chi connectivity index (χ3v) is 7.00. The molecule has 0 aliphatic rings. The van der Waals surface area contributed by atoms with E-state index in [4.69, 9.17) is 23.9 Å². The van der Waals surface area contributed by atoms with Crippen LogP contribution in [-0.4, -0.2) is 50.8 Å². The number of aliphatic imine (C=N–C) groups is 1. The first-order valence-electron chi connectivity index (χ1n) is 14.8. The molecular formula is C36H47NO5. The topological polar surface area (TPSA) is 66.4 Å². The van der Waals surface area contributed by atoms with Gasteiger partial charge in [-0.3, -0.25) is 4.99 Å². The number of carbonyl (C=O) groups excluding carboxylic acids is 1. The van der Waals surface area contributed by atoms with E-state index in [0.717, 1.165) is 35.2 Å². The van der Waals surface area contributed by atoms with Gasteiger partial charge >= 0.3 is 5.97 Å². The molecule has 0 aromatic heterocycles. The Kier molecular flexibility index (Phi) is 12.6. The molecule has 2 unspecified atom stereocenters. The molecule has 0 fully saturated rings. The van der Waals surface area contributed by atoms with Gasteiger partial charge in [-0.2, -0.15) is 0 Å². The van der Waals surface area contributed by atoms with Gasteiger partial charge in [-0.05, 0) is 63.1 Å². The number of hydrogen-bond acceptors (Lipinski definition) is 6. The van der Waals surface area contributed by atoms with Gasteiger partial charge in [-0.25, -0.2) is 4.79 Å². The summed E-state index contributed by atoms with van der Waals surface area (Å²) in [6, 6.07) is 25.5. The van der Waals surface area contributed by atoms with Crippen LogP contribution >= 0.6 is 0 Å². The highest BCUT2D eigenvalue weighted by Crippen LogP contribution is 2.32. The minimum absolute atomic E-state index is 0.161. The zero-order chi connectivity index (χ0) is 30.5. The molecule has 42 heavy (non-hydrogen) atoms. The van der Waals surface area contributed by atoms with Gasteiger partial charge in [-0.15, -0.1) is 0 Å². The predicted molar refractivity (Wildman–Crippen MR) is 170 cm³/mol. The molecule has 0 heterocycles. The summed E-state index contributed by atoms with van der Waals surface area (Å²) in [5.41, 5.74) is 3.20. The highest BCUT2D eigenvalue weighted by Gasteiger charge is 2.30. The second kappa shape index (κ2) is 16.1. The Morgan fingerprint density at radius 2 is 1.45 bits per heavy atom. The summed E-state index contributed by atoms with van der Waals surface area (Å²) in [4.78, 5) is 18.9. The van der Waals surface area contributed by atoms with Gasteiger partial charge in [0.1, 0.15) is 11.6 Å². The van der Waals surface area contributed by atoms with Crippen LogP contribution in [0.15, 0.2) is 83.9 Å². The van der Waals surface area contributed by atoms with Gasteiger partial charge in [0.25, 0.3) is 0 Å². The third kappa shape index (κ3) is 10.3. The van der Waals surface area contributed by atoms with E-state index in [1.54, 1.807) is 14.2 Å². The van der Waals surface area contributed by atoms with Crippen LogP contribution in [0.2, 0.25) is 0 Å². The summed E-state index contributed by atoms with van der Waals surface area (Å²) in [5, 5.41) is 0. The minimum atomic E-state index is -0.671. The highest BCUT2D eigenvalue weighted by atomic mass is 16.6. The lowest BCUT2D eigenvalue weighted by molar-refractivity contribution is -0.156. The van der Waals surface area contributed by atoms with Gasteiger partial charge < -0.3 is 18.9 Å². The van der Waals surface area contributed by atoms with E-state index >= 15 is 0 Å². The fourth-order valence-electron chi connectivity index (χ4n) is 4.76. The summed E-state index contributed by atoms with van der Waals surface area (Å²) >= 11 is 0. The van der Waals surface area contributed by atoms with Crippen molar-refractivity contribution in [1.29, 1.82) is 0 Å². The number of rotatable bonds is 15. The standard InChI is InChI=1S/C36H47NO5/c1-26(2)30(23-27-19-20-32(40-7)33(24-27)41-22-14-21-39-6)25-31(35(38)42-36(3,4)5)37-34(28-15-10-8-11-16-28)29-17-12-9-13-18-29/h8-13,15-20,24,26,30-31H,14,21-23,25H2,1-7H3. The Bertz CT molecular complexity index is 1220.